The van der Waals surface area contributed by atoms with Crippen LogP contribution in [0.25, 0.3) is 0 Å². The van der Waals surface area contributed by atoms with Crippen molar-refractivity contribution in [2.45, 2.75) is 39.2 Å². The minimum Gasteiger partial charge on any atom is -0.359 e. The molecule has 1 aromatic heterocycles. The summed E-state index contributed by atoms with van der Waals surface area (Å²) in [5.74, 6) is 2.43. The molecular formula is C11H18N4OS. The maximum absolute atomic E-state index is 4.91. The molecule has 1 aliphatic heterocycles. The fraction of sp³-hybridized carbons (Fsp3) is 0.727. The average molecular weight is 254 g/mol. The van der Waals surface area contributed by atoms with Gasteiger partial charge in [0.05, 0.1) is 0 Å². The molecular weight excluding hydrogens is 236 g/mol. The molecule has 1 atom stereocenters. The summed E-state index contributed by atoms with van der Waals surface area (Å²) in [5.41, 5.74) is 0.201. The van der Waals surface area contributed by atoms with Crippen LogP contribution in [0.1, 0.15) is 32.0 Å². The number of aromatic nitrogens is 2. The van der Waals surface area contributed by atoms with Gasteiger partial charge in [-0.1, -0.05) is 23.8 Å². The molecule has 0 saturated carbocycles. The second kappa shape index (κ2) is 5.08. The SMILES string of the molecule is CCC1(C)CSC(=NCCc2noc(C)n2)N1. The Bertz CT molecular complexity index is 417. The molecule has 0 aliphatic carbocycles. The predicted molar refractivity (Wildman–Crippen MR) is 69.3 cm³/mol. The van der Waals surface area contributed by atoms with E-state index in [0.29, 0.717) is 12.4 Å². The lowest BCUT2D eigenvalue weighted by Crippen LogP contribution is -2.39. The lowest BCUT2D eigenvalue weighted by atomic mass is 10.0. The predicted octanol–water partition coefficient (Wildman–Crippen LogP) is 1.78. The molecule has 5 nitrogen and oxygen atoms in total. The number of amidine groups is 1. The van der Waals surface area contributed by atoms with Crippen LogP contribution in [0.3, 0.4) is 0 Å². The Morgan fingerprint density at radius 1 is 1.59 bits per heavy atom. The summed E-state index contributed by atoms with van der Waals surface area (Å²) in [6.07, 6.45) is 1.84. The fourth-order valence-corrected chi connectivity index (χ4v) is 2.77. The number of nitrogens with zero attached hydrogens (tertiary/aromatic N) is 3. The highest BCUT2D eigenvalue weighted by Crippen LogP contribution is 2.25. The molecule has 2 rings (SSSR count). The first-order chi connectivity index (χ1) is 8.11. The summed E-state index contributed by atoms with van der Waals surface area (Å²) >= 11 is 1.79. The van der Waals surface area contributed by atoms with Crippen LogP contribution in [0.4, 0.5) is 0 Å². The first-order valence-corrected chi connectivity index (χ1v) is 6.84. The molecule has 0 aromatic carbocycles. The van der Waals surface area contributed by atoms with Gasteiger partial charge in [0, 0.05) is 31.2 Å². The Morgan fingerprint density at radius 2 is 2.41 bits per heavy atom. The van der Waals surface area contributed by atoms with Crippen LogP contribution in [0, 0.1) is 6.92 Å². The van der Waals surface area contributed by atoms with Crippen molar-refractivity contribution in [2.24, 2.45) is 4.99 Å². The standard InChI is InChI=1S/C11H18N4OS/c1-4-11(3)7-17-10(14-11)12-6-5-9-13-8(2)16-15-9/h4-7H2,1-3H3,(H,12,14). The van der Waals surface area contributed by atoms with Gasteiger partial charge in [-0.15, -0.1) is 0 Å². The van der Waals surface area contributed by atoms with E-state index in [2.05, 4.69) is 34.3 Å². The van der Waals surface area contributed by atoms with Crippen molar-refractivity contribution in [1.29, 1.82) is 0 Å². The van der Waals surface area contributed by atoms with Crippen LogP contribution in [0.2, 0.25) is 0 Å². The molecule has 0 radical (unpaired) electrons. The van der Waals surface area contributed by atoms with Gasteiger partial charge in [0.25, 0.3) is 0 Å². The molecule has 0 spiro atoms. The fourth-order valence-electron chi connectivity index (χ4n) is 1.53. The summed E-state index contributed by atoms with van der Waals surface area (Å²) < 4.78 is 4.91. The van der Waals surface area contributed by atoms with Crippen LogP contribution >= 0.6 is 11.8 Å². The Morgan fingerprint density at radius 3 is 3.00 bits per heavy atom. The largest absolute Gasteiger partial charge is 0.359 e. The van der Waals surface area contributed by atoms with Crippen molar-refractivity contribution < 1.29 is 4.52 Å². The number of nitrogens with one attached hydrogen (secondary N) is 1. The van der Waals surface area contributed by atoms with Gasteiger partial charge in [-0.3, -0.25) is 4.99 Å². The Kier molecular flexibility index (Phi) is 3.71. The summed E-state index contributed by atoms with van der Waals surface area (Å²) in [4.78, 5) is 8.66. The summed E-state index contributed by atoms with van der Waals surface area (Å²) in [5, 5.41) is 8.34. The molecule has 6 heteroatoms. The molecule has 17 heavy (non-hydrogen) atoms. The van der Waals surface area contributed by atoms with Crippen LogP contribution < -0.4 is 5.32 Å². The van der Waals surface area contributed by atoms with Gasteiger partial charge >= 0.3 is 0 Å². The van der Waals surface area contributed by atoms with E-state index in [0.717, 1.165) is 29.6 Å². The molecule has 1 saturated heterocycles. The Hall–Kier alpha value is -1.04. The van der Waals surface area contributed by atoms with E-state index < -0.39 is 0 Å². The molecule has 0 bridgehead atoms. The quantitative estimate of drug-likeness (QED) is 0.887. The van der Waals surface area contributed by atoms with Gasteiger partial charge in [0.2, 0.25) is 5.89 Å². The van der Waals surface area contributed by atoms with Gasteiger partial charge in [0.15, 0.2) is 11.0 Å². The van der Waals surface area contributed by atoms with Crippen molar-refractivity contribution in [2.75, 3.05) is 12.3 Å². The number of hydrogen-bond acceptors (Lipinski definition) is 5. The average Bonchev–Trinajstić information content (AvgIpc) is 2.87. The zero-order valence-electron chi connectivity index (χ0n) is 10.5. The van der Waals surface area contributed by atoms with Gasteiger partial charge < -0.3 is 9.84 Å². The lowest BCUT2D eigenvalue weighted by Gasteiger charge is -2.20. The smallest absolute Gasteiger partial charge is 0.223 e. The molecule has 1 fully saturated rings. The summed E-state index contributed by atoms with van der Waals surface area (Å²) in [7, 11) is 0. The Labute approximate surface area is 105 Å². The van der Waals surface area contributed by atoms with Gasteiger partial charge in [-0.2, -0.15) is 4.98 Å². The van der Waals surface area contributed by atoms with Gasteiger partial charge in [0.1, 0.15) is 0 Å². The van der Waals surface area contributed by atoms with E-state index in [-0.39, 0.29) is 5.54 Å². The van der Waals surface area contributed by atoms with E-state index in [1.807, 2.05) is 0 Å². The molecule has 1 aliphatic rings. The van der Waals surface area contributed by atoms with E-state index >= 15 is 0 Å². The molecule has 1 unspecified atom stereocenters. The maximum Gasteiger partial charge on any atom is 0.223 e. The third-order valence-electron chi connectivity index (χ3n) is 2.88. The number of aliphatic imine (C=N–C) groups is 1. The van der Waals surface area contributed by atoms with Crippen LogP contribution in [-0.2, 0) is 6.42 Å². The van der Waals surface area contributed by atoms with Crippen LogP contribution in [-0.4, -0.2) is 33.1 Å². The number of thioether (sulfide) groups is 1. The van der Waals surface area contributed by atoms with E-state index in [1.165, 1.54) is 0 Å². The third kappa shape index (κ3) is 3.21. The zero-order chi connectivity index (χ0) is 12.3. The lowest BCUT2D eigenvalue weighted by molar-refractivity contribution is 0.387. The zero-order valence-corrected chi connectivity index (χ0v) is 11.3. The number of rotatable bonds is 4. The van der Waals surface area contributed by atoms with Crippen molar-refractivity contribution in [3.8, 4) is 0 Å². The normalized spacial score (nSPS) is 26.4. The molecule has 0 amide bonds. The monoisotopic (exact) mass is 254 g/mol. The van der Waals surface area contributed by atoms with E-state index in [1.54, 1.807) is 18.7 Å². The minimum atomic E-state index is 0.201. The van der Waals surface area contributed by atoms with Gasteiger partial charge in [-0.25, -0.2) is 0 Å². The first-order valence-electron chi connectivity index (χ1n) is 5.86. The highest BCUT2D eigenvalue weighted by atomic mass is 32.2. The Balaban J connectivity index is 1.82. The second-order valence-electron chi connectivity index (χ2n) is 4.49. The highest BCUT2D eigenvalue weighted by Gasteiger charge is 2.30. The van der Waals surface area contributed by atoms with Crippen LogP contribution in [0.5, 0.6) is 0 Å². The van der Waals surface area contributed by atoms with Crippen molar-refractivity contribution >= 4 is 16.9 Å². The summed E-state index contributed by atoms with van der Waals surface area (Å²) in [6.45, 7) is 6.92. The second-order valence-corrected chi connectivity index (χ2v) is 5.46. The minimum absolute atomic E-state index is 0.201. The number of hydrogen-bond donors (Lipinski definition) is 1. The summed E-state index contributed by atoms with van der Waals surface area (Å²) in [6, 6.07) is 0. The first kappa shape index (κ1) is 12.4. The van der Waals surface area contributed by atoms with Gasteiger partial charge in [-0.05, 0) is 13.3 Å². The molecule has 1 N–H and O–H groups in total. The van der Waals surface area contributed by atoms with Crippen molar-refractivity contribution in [1.82, 2.24) is 15.5 Å². The third-order valence-corrected chi connectivity index (χ3v) is 4.16. The maximum atomic E-state index is 4.91. The van der Waals surface area contributed by atoms with E-state index in [4.69, 9.17) is 4.52 Å². The molecule has 2 heterocycles. The molecule has 94 valence electrons. The van der Waals surface area contributed by atoms with E-state index in [9.17, 15) is 0 Å². The number of aryl methyl sites for hydroxylation is 1. The van der Waals surface area contributed by atoms with Crippen molar-refractivity contribution in [3.63, 3.8) is 0 Å². The van der Waals surface area contributed by atoms with Crippen molar-refractivity contribution in [3.05, 3.63) is 11.7 Å². The highest BCUT2D eigenvalue weighted by molar-refractivity contribution is 8.14. The topological polar surface area (TPSA) is 63.3 Å². The van der Waals surface area contributed by atoms with Crippen LogP contribution in [0.15, 0.2) is 9.52 Å². The molecule has 1 aromatic rings.